The zero-order valence-electron chi connectivity index (χ0n) is 18.2. The maximum Gasteiger partial charge on any atom is 0.303 e. The monoisotopic (exact) mass is 414 g/mol. The van der Waals surface area contributed by atoms with Gasteiger partial charge in [-0.2, -0.15) is 0 Å². The Morgan fingerprint density at radius 1 is 1.10 bits per heavy atom. The van der Waals surface area contributed by atoms with Gasteiger partial charge in [-0.1, -0.05) is 61.3 Å². The van der Waals surface area contributed by atoms with Crippen molar-refractivity contribution in [1.29, 1.82) is 0 Å². The summed E-state index contributed by atoms with van der Waals surface area (Å²) >= 11 is 0. The Morgan fingerprint density at radius 3 is 2.60 bits per heavy atom. The van der Waals surface area contributed by atoms with Gasteiger partial charge < -0.3 is 19.7 Å². The Morgan fingerprint density at radius 2 is 1.87 bits per heavy atom. The number of aliphatic carboxylic acids is 1. The summed E-state index contributed by atoms with van der Waals surface area (Å²) < 4.78 is 11.8. The fourth-order valence-electron chi connectivity index (χ4n) is 2.78. The molecular formula is C25H34O5. The molecule has 0 aromatic heterocycles. The molecule has 5 heteroatoms. The van der Waals surface area contributed by atoms with E-state index in [1.165, 1.54) is 0 Å². The van der Waals surface area contributed by atoms with Crippen LogP contribution < -0.4 is 0 Å². The van der Waals surface area contributed by atoms with E-state index in [1.54, 1.807) is 18.2 Å². The molecule has 2 N–H and O–H groups in total. The van der Waals surface area contributed by atoms with Crippen molar-refractivity contribution in [3.05, 3.63) is 60.8 Å². The van der Waals surface area contributed by atoms with E-state index in [0.717, 1.165) is 6.42 Å². The molecule has 1 rings (SSSR count). The van der Waals surface area contributed by atoms with Crippen LogP contribution >= 0.6 is 0 Å². The van der Waals surface area contributed by atoms with Crippen molar-refractivity contribution < 1.29 is 24.5 Å². The van der Waals surface area contributed by atoms with Crippen LogP contribution in [0.5, 0.6) is 0 Å². The Bertz CT molecular complexity index is 716. The van der Waals surface area contributed by atoms with Gasteiger partial charge in [0.15, 0.2) is 5.79 Å². The lowest BCUT2D eigenvalue weighted by atomic mass is 10.1. The van der Waals surface area contributed by atoms with Gasteiger partial charge in [-0.25, -0.2) is 0 Å². The second-order valence-electron chi connectivity index (χ2n) is 7.35. The molecule has 0 aromatic rings. The summed E-state index contributed by atoms with van der Waals surface area (Å²) in [4.78, 5) is 10.5. The predicted octanol–water partition coefficient (Wildman–Crippen LogP) is 4.71. The molecule has 0 radical (unpaired) electrons. The molecule has 164 valence electrons. The van der Waals surface area contributed by atoms with Crippen molar-refractivity contribution in [3.63, 3.8) is 0 Å². The molecule has 1 unspecified atom stereocenters. The van der Waals surface area contributed by atoms with Gasteiger partial charge >= 0.3 is 5.97 Å². The van der Waals surface area contributed by atoms with Crippen LogP contribution in [-0.2, 0) is 14.3 Å². The fourth-order valence-corrected chi connectivity index (χ4v) is 2.78. The molecule has 0 bridgehead atoms. The summed E-state index contributed by atoms with van der Waals surface area (Å²) in [6, 6.07) is 0. The van der Waals surface area contributed by atoms with Gasteiger partial charge in [0.1, 0.15) is 6.10 Å². The van der Waals surface area contributed by atoms with Crippen molar-refractivity contribution in [2.45, 2.75) is 77.0 Å². The average Bonchev–Trinajstić information content (AvgIpc) is 2.97. The molecule has 1 heterocycles. The number of aliphatic hydroxyl groups excluding tert-OH is 1. The van der Waals surface area contributed by atoms with E-state index in [1.807, 2.05) is 56.4 Å². The minimum Gasteiger partial charge on any atom is -0.481 e. The number of carboxylic acid groups (broad SMARTS) is 1. The van der Waals surface area contributed by atoms with Crippen molar-refractivity contribution in [2.24, 2.45) is 0 Å². The van der Waals surface area contributed by atoms with Gasteiger partial charge in [-0.15, -0.1) is 0 Å². The average molecular weight is 415 g/mol. The van der Waals surface area contributed by atoms with Gasteiger partial charge in [0.05, 0.1) is 12.2 Å². The van der Waals surface area contributed by atoms with Gasteiger partial charge in [-0.3, -0.25) is 4.79 Å². The molecule has 3 atom stereocenters. The van der Waals surface area contributed by atoms with Gasteiger partial charge in [-0.05, 0) is 57.8 Å². The largest absolute Gasteiger partial charge is 0.481 e. The van der Waals surface area contributed by atoms with E-state index >= 15 is 0 Å². The SMILES string of the molecule is CC/C=C\CC(O)/C=C/C#C/C=C/C=C/[C@H]1OC(C)(C)O[C@H]1C/C=C\CCC(=O)O. The van der Waals surface area contributed by atoms with Gasteiger partial charge in [0.25, 0.3) is 0 Å². The molecule has 1 saturated heterocycles. The lowest BCUT2D eigenvalue weighted by Crippen LogP contribution is -2.21. The summed E-state index contributed by atoms with van der Waals surface area (Å²) in [7, 11) is 0. The van der Waals surface area contributed by atoms with Crippen LogP contribution in [0.4, 0.5) is 0 Å². The molecule has 0 saturated carbocycles. The first-order chi connectivity index (χ1) is 14.3. The second kappa shape index (κ2) is 14.6. The number of aliphatic hydroxyl groups is 1. The zero-order valence-corrected chi connectivity index (χ0v) is 18.2. The zero-order chi connectivity index (χ0) is 22.2. The smallest absolute Gasteiger partial charge is 0.303 e. The quantitative estimate of drug-likeness (QED) is 0.291. The molecule has 0 spiro atoms. The maximum absolute atomic E-state index is 10.5. The highest BCUT2D eigenvalue weighted by Crippen LogP contribution is 2.30. The van der Waals surface area contributed by atoms with Gasteiger partial charge in [0.2, 0.25) is 0 Å². The molecule has 1 aliphatic heterocycles. The van der Waals surface area contributed by atoms with Crippen molar-refractivity contribution in [1.82, 2.24) is 0 Å². The first kappa shape index (κ1) is 25.6. The molecular weight excluding hydrogens is 380 g/mol. The Balaban J connectivity index is 2.47. The van der Waals surface area contributed by atoms with E-state index in [-0.39, 0.29) is 18.6 Å². The number of ether oxygens (including phenoxy) is 2. The van der Waals surface area contributed by atoms with E-state index in [0.29, 0.717) is 19.3 Å². The number of rotatable bonds is 11. The highest BCUT2D eigenvalue weighted by Gasteiger charge is 2.38. The summed E-state index contributed by atoms with van der Waals surface area (Å²) in [6.07, 6.45) is 20.5. The number of hydrogen-bond acceptors (Lipinski definition) is 4. The number of hydrogen-bond donors (Lipinski definition) is 2. The molecule has 0 amide bonds. The Kier molecular flexibility index (Phi) is 12.5. The van der Waals surface area contributed by atoms with E-state index in [9.17, 15) is 9.90 Å². The molecule has 1 fully saturated rings. The molecule has 30 heavy (non-hydrogen) atoms. The number of carboxylic acids is 1. The Hall–Kier alpha value is -2.39. The third kappa shape index (κ3) is 12.2. The van der Waals surface area contributed by atoms with E-state index in [4.69, 9.17) is 14.6 Å². The van der Waals surface area contributed by atoms with Gasteiger partial charge in [0, 0.05) is 6.42 Å². The lowest BCUT2D eigenvalue weighted by molar-refractivity contribution is -0.142. The molecule has 0 aliphatic carbocycles. The summed E-state index contributed by atoms with van der Waals surface area (Å²) in [5, 5.41) is 18.4. The van der Waals surface area contributed by atoms with Crippen LogP contribution in [-0.4, -0.2) is 40.3 Å². The van der Waals surface area contributed by atoms with Crippen LogP contribution in [0.25, 0.3) is 0 Å². The molecule has 0 aromatic carbocycles. The summed E-state index contributed by atoms with van der Waals surface area (Å²) in [5.74, 6) is 4.30. The van der Waals surface area contributed by atoms with Crippen molar-refractivity contribution in [2.75, 3.05) is 0 Å². The molecule has 1 aliphatic rings. The predicted molar refractivity (Wildman–Crippen MR) is 120 cm³/mol. The third-order valence-electron chi connectivity index (χ3n) is 4.14. The molecule has 5 nitrogen and oxygen atoms in total. The van der Waals surface area contributed by atoms with Crippen molar-refractivity contribution >= 4 is 5.97 Å². The number of allylic oxidation sites excluding steroid dienone is 6. The fraction of sp³-hybridized carbons (Fsp3) is 0.480. The minimum absolute atomic E-state index is 0.122. The van der Waals surface area contributed by atoms with Crippen LogP contribution in [0.3, 0.4) is 0 Å². The topological polar surface area (TPSA) is 76.0 Å². The van der Waals surface area contributed by atoms with Crippen LogP contribution in [0.15, 0.2) is 60.8 Å². The maximum atomic E-state index is 10.5. The minimum atomic E-state index is -0.798. The van der Waals surface area contributed by atoms with E-state index < -0.39 is 17.9 Å². The first-order valence-corrected chi connectivity index (χ1v) is 10.4. The van der Waals surface area contributed by atoms with Crippen LogP contribution in [0.2, 0.25) is 0 Å². The highest BCUT2D eigenvalue weighted by molar-refractivity contribution is 5.66. The van der Waals surface area contributed by atoms with Crippen LogP contribution in [0, 0.1) is 11.8 Å². The summed E-state index contributed by atoms with van der Waals surface area (Å²) in [6.45, 7) is 5.81. The lowest BCUT2D eigenvalue weighted by Gasteiger charge is -2.16. The Labute approximate surface area is 180 Å². The normalized spacial score (nSPS) is 22.5. The number of carbonyl (C=O) groups is 1. The first-order valence-electron chi connectivity index (χ1n) is 10.4. The van der Waals surface area contributed by atoms with Crippen molar-refractivity contribution in [3.8, 4) is 11.8 Å². The second-order valence-corrected chi connectivity index (χ2v) is 7.35. The third-order valence-corrected chi connectivity index (χ3v) is 4.14. The standard InChI is InChI=1S/C25H34O5/c1-4-5-11-16-21(26)17-12-8-6-7-9-13-18-22-23(30-25(2,3)29-22)19-14-10-15-20-24(27)28/h5,7,9-14,17-18,21-23,26H,4,15-16,19-20H2,1-3H3,(H,27,28)/b9-7+,11-5-,14-10-,17-12+,18-13+/t21?,22-,23+/m1/s1. The van der Waals surface area contributed by atoms with E-state index in [2.05, 4.69) is 18.8 Å². The summed E-state index contributed by atoms with van der Waals surface area (Å²) in [5.41, 5.74) is 0. The highest BCUT2D eigenvalue weighted by atomic mass is 16.7. The van der Waals surface area contributed by atoms with Crippen LogP contribution in [0.1, 0.15) is 52.9 Å².